The quantitative estimate of drug-likeness (QED) is 0.316. The molecule has 1 N–H and O–H groups in total. The predicted molar refractivity (Wildman–Crippen MR) is 88.9 cm³/mol. The topological polar surface area (TPSA) is 66.8 Å². The molecular formula is C15H21NO4S2. The molecule has 1 unspecified atom stereocenters. The lowest BCUT2D eigenvalue weighted by Crippen LogP contribution is -2.60. The minimum atomic E-state index is -0.716. The summed E-state index contributed by atoms with van der Waals surface area (Å²) in [6.07, 6.45) is 2.90. The summed E-state index contributed by atoms with van der Waals surface area (Å²) < 4.78 is 5.93. The Kier molecular flexibility index (Phi) is 6.00. The second-order valence-corrected chi connectivity index (χ2v) is 7.70. The third-order valence-electron chi connectivity index (χ3n) is 3.52. The molecule has 0 bridgehead atoms. The zero-order valence-corrected chi connectivity index (χ0v) is 14.4. The zero-order valence-electron chi connectivity index (χ0n) is 12.8. The Bertz CT molecular complexity index is 504. The molecule has 0 radical (unpaired) electrons. The molecule has 22 heavy (non-hydrogen) atoms. The van der Waals surface area contributed by atoms with Crippen molar-refractivity contribution in [3.05, 3.63) is 22.6 Å². The highest BCUT2D eigenvalue weighted by atomic mass is 32.2. The maximum atomic E-state index is 12.2. The van der Waals surface area contributed by atoms with Crippen molar-refractivity contribution < 1.29 is 19.4 Å². The Morgan fingerprint density at radius 1 is 1.64 bits per heavy atom. The molecule has 2 aliphatic heterocycles. The first-order chi connectivity index (χ1) is 10.5. The van der Waals surface area contributed by atoms with Gasteiger partial charge in [-0.15, -0.1) is 11.8 Å². The van der Waals surface area contributed by atoms with Crippen LogP contribution in [0.2, 0.25) is 0 Å². The third-order valence-corrected chi connectivity index (χ3v) is 6.27. The number of amides is 1. The Hall–Kier alpha value is -0.920. The smallest absolute Gasteiger partial charge is 0.357 e. The van der Waals surface area contributed by atoms with Gasteiger partial charge in [0.1, 0.15) is 12.0 Å². The normalized spacial score (nSPS) is 24.9. The van der Waals surface area contributed by atoms with Gasteiger partial charge in [0.2, 0.25) is 5.91 Å². The van der Waals surface area contributed by atoms with Gasteiger partial charge in [0.25, 0.3) is 0 Å². The maximum Gasteiger partial charge on any atom is 0.357 e. The van der Waals surface area contributed by atoms with Gasteiger partial charge in [0.15, 0.2) is 5.70 Å². The van der Waals surface area contributed by atoms with Crippen LogP contribution in [0, 0.1) is 5.92 Å². The summed E-state index contributed by atoms with van der Waals surface area (Å²) in [5.41, 5.74) is 0.333. The monoisotopic (exact) mass is 343 g/mol. The largest absolute Gasteiger partial charge is 0.457 e. The zero-order chi connectivity index (χ0) is 16.3. The van der Waals surface area contributed by atoms with Gasteiger partial charge in [-0.05, 0) is 19.1 Å². The van der Waals surface area contributed by atoms with Crippen molar-refractivity contribution in [2.75, 3.05) is 12.4 Å². The molecule has 3 atom stereocenters. The highest BCUT2D eigenvalue weighted by molar-refractivity contribution is 8.22. The van der Waals surface area contributed by atoms with Gasteiger partial charge in [-0.3, -0.25) is 9.69 Å². The van der Waals surface area contributed by atoms with Crippen LogP contribution in [0.25, 0.3) is 0 Å². The van der Waals surface area contributed by atoms with Crippen LogP contribution in [0.5, 0.6) is 0 Å². The van der Waals surface area contributed by atoms with Crippen LogP contribution in [0.4, 0.5) is 0 Å². The SMILES string of the molecule is C=CCOC(=O)C1=C(SCCCC)S[C@@H]2[C@H](C(C)O)C(=O)N12. The molecule has 7 heteroatoms. The Morgan fingerprint density at radius 2 is 2.36 bits per heavy atom. The van der Waals surface area contributed by atoms with Gasteiger partial charge in [-0.25, -0.2) is 4.79 Å². The minimum Gasteiger partial charge on any atom is -0.457 e. The lowest BCUT2D eigenvalue weighted by Gasteiger charge is -2.43. The van der Waals surface area contributed by atoms with Crippen LogP contribution in [-0.4, -0.2) is 45.7 Å². The first-order valence-corrected chi connectivity index (χ1v) is 9.22. The molecular weight excluding hydrogens is 322 g/mol. The van der Waals surface area contributed by atoms with Crippen molar-refractivity contribution in [2.24, 2.45) is 5.92 Å². The summed E-state index contributed by atoms with van der Waals surface area (Å²) >= 11 is 3.06. The van der Waals surface area contributed by atoms with E-state index in [0.29, 0.717) is 5.70 Å². The van der Waals surface area contributed by atoms with Crippen LogP contribution < -0.4 is 0 Å². The highest BCUT2D eigenvalue weighted by Crippen LogP contribution is 2.54. The van der Waals surface area contributed by atoms with Crippen molar-refractivity contribution in [1.29, 1.82) is 0 Å². The first-order valence-electron chi connectivity index (χ1n) is 7.35. The van der Waals surface area contributed by atoms with Crippen LogP contribution in [-0.2, 0) is 14.3 Å². The average Bonchev–Trinajstić information content (AvgIpc) is 2.79. The van der Waals surface area contributed by atoms with Gasteiger partial charge in [0.05, 0.1) is 16.3 Å². The number of hydrogen-bond acceptors (Lipinski definition) is 6. The molecule has 1 amide bonds. The van der Waals surface area contributed by atoms with Crippen molar-refractivity contribution in [3.63, 3.8) is 0 Å². The number of fused-ring (bicyclic) bond motifs is 1. The Labute approximate surface area is 139 Å². The van der Waals surface area contributed by atoms with E-state index in [9.17, 15) is 14.7 Å². The standard InChI is InChI=1S/C15H21NO4S2/c1-4-6-8-21-15-11(14(19)20-7-5-2)16-12(18)10(9(3)17)13(16)22-15/h5,9-10,13,17H,2,4,6-8H2,1,3H3/t9?,10-,13-/m1/s1. The molecule has 1 fully saturated rings. The first kappa shape index (κ1) is 17.4. The van der Waals surface area contributed by atoms with E-state index >= 15 is 0 Å². The number of esters is 1. The summed E-state index contributed by atoms with van der Waals surface area (Å²) in [6, 6.07) is 0. The number of aliphatic hydroxyl groups is 1. The molecule has 0 saturated carbocycles. The van der Waals surface area contributed by atoms with E-state index < -0.39 is 18.0 Å². The summed E-state index contributed by atoms with van der Waals surface area (Å²) in [5, 5.41) is 9.55. The molecule has 1 saturated heterocycles. The maximum absolute atomic E-state index is 12.2. The van der Waals surface area contributed by atoms with Crippen LogP contribution >= 0.6 is 23.5 Å². The summed E-state index contributed by atoms with van der Waals surface area (Å²) in [4.78, 5) is 26.0. The van der Waals surface area contributed by atoms with Crippen LogP contribution in [0.15, 0.2) is 22.6 Å². The van der Waals surface area contributed by atoms with Gasteiger partial charge >= 0.3 is 5.97 Å². The number of β-lactam (4-membered cyclic amide) rings is 1. The molecule has 122 valence electrons. The number of unbranched alkanes of at least 4 members (excludes halogenated alkanes) is 1. The molecule has 2 aliphatic rings. The molecule has 5 nitrogen and oxygen atoms in total. The fraction of sp³-hybridized carbons (Fsp3) is 0.600. The lowest BCUT2D eigenvalue weighted by molar-refractivity contribution is -0.157. The number of carbonyl (C=O) groups is 2. The Morgan fingerprint density at radius 3 is 2.95 bits per heavy atom. The predicted octanol–water partition coefficient (Wildman–Crippen LogP) is 2.33. The molecule has 0 aromatic heterocycles. The van der Waals surface area contributed by atoms with Gasteiger partial charge < -0.3 is 9.84 Å². The van der Waals surface area contributed by atoms with Crippen LogP contribution in [0.3, 0.4) is 0 Å². The van der Waals surface area contributed by atoms with E-state index in [1.54, 1.807) is 18.7 Å². The molecule has 0 aromatic rings. The van der Waals surface area contributed by atoms with Crippen molar-refractivity contribution in [1.82, 2.24) is 4.90 Å². The molecule has 0 spiro atoms. The number of rotatable bonds is 8. The average molecular weight is 343 g/mol. The third kappa shape index (κ3) is 3.21. The van der Waals surface area contributed by atoms with Crippen molar-refractivity contribution in [2.45, 2.75) is 38.2 Å². The Balaban J connectivity index is 2.17. The lowest BCUT2D eigenvalue weighted by atomic mass is 9.92. The van der Waals surface area contributed by atoms with Crippen molar-refractivity contribution >= 4 is 35.4 Å². The fourth-order valence-corrected chi connectivity index (χ4v) is 5.43. The van der Waals surface area contributed by atoms with Crippen molar-refractivity contribution in [3.8, 4) is 0 Å². The van der Waals surface area contributed by atoms with E-state index in [1.807, 2.05) is 0 Å². The fourth-order valence-electron chi connectivity index (χ4n) is 2.35. The van der Waals surface area contributed by atoms with Gasteiger partial charge in [0, 0.05) is 0 Å². The van der Waals surface area contributed by atoms with E-state index in [4.69, 9.17) is 4.74 Å². The number of ether oxygens (including phenoxy) is 1. The second kappa shape index (κ2) is 7.57. The van der Waals surface area contributed by atoms with E-state index in [0.717, 1.165) is 22.8 Å². The van der Waals surface area contributed by atoms with E-state index in [1.165, 1.54) is 22.7 Å². The summed E-state index contributed by atoms with van der Waals surface area (Å²) in [5.74, 6) is -0.252. The molecule has 0 aromatic carbocycles. The number of hydrogen-bond donors (Lipinski definition) is 1. The van der Waals surface area contributed by atoms with Gasteiger partial charge in [-0.2, -0.15) is 0 Å². The molecule has 0 aliphatic carbocycles. The van der Waals surface area contributed by atoms with Gasteiger partial charge in [-0.1, -0.05) is 37.8 Å². The van der Waals surface area contributed by atoms with E-state index in [-0.39, 0.29) is 17.9 Å². The van der Waals surface area contributed by atoms with Crippen LogP contribution in [0.1, 0.15) is 26.7 Å². The summed E-state index contributed by atoms with van der Waals surface area (Å²) in [6.45, 7) is 7.35. The number of carbonyl (C=O) groups excluding carboxylic acids is 2. The second-order valence-electron chi connectivity index (χ2n) is 5.21. The number of thioether (sulfide) groups is 2. The molecule has 2 heterocycles. The number of nitrogens with zero attached hydrogens (tertiary/aromatic N) is 1. The number of aliphatic hydroxyl groups excluding tert-OH is 1. The highest BCUT2D eigenvalue weighted by Gasteiger charge is 2.57. The van der Waals surface area contributed by atoms with E-state index in [2.05, 4.69) is 13.5 Å². The summed E-state index contributed by atoms with van der Waals surface area (Å²) in [7, 11) is 0. The molecule has 2 rings (SSSR count). The minimum absolute atomic E-state index is 0.117.